The normalized spacial score (nSPS) is 25.1. The Balaban J connectivity index is 2.42. The standard InChI is InChI=1S/C12H11F3O/c1-6-7(3-5-10(6)16)8-2-4-9(13)12(15)11(8)14/h2,4,6-7H,3,5H2,1H3. The number of benzene rings is 1. The molecule has 1 aliphatic carbocycles. The third-order valence-electron chi connectivity index (χ3n) is 3.28. The molecule has 1 aliphatic rings. The predicted octanol–water partition coefficient (Wildman–Crippen LogP) is 3.19. The molecule has 2 atom stereocenters. The SMILES string of the molecule is CC1C(=O)CCC1c1ccc(F)c(F)c1F. The number of hydrogen-bond donors (Lipinski definition) is 0. The third-order valence-corrected chi connectivity index (χ3v) is 3.28. The first-order valence-corrected chi connectivity index (χ1v) is 5.18. The number of rotatable bonds is 1. The van der Waals surface area contributed by atoms with E-state index < -0.39 is 17.5 Å². The monoisotopic (exact) mass is 228 g/mol. The zero-order chi connectivity index (χ0) is 11.9. The second-order valence-electron chi connectivity index (χ2n) is 4.16. The number of carbonyl (C=O) groups excluding carboxylic acids is 1. The highest BCUT2D eigenvalue weighted by Gasteiger charge is 2.34. The molecular weight excluding hydrogens is 217 g/mol. The van der Waals surface area contributed by atoms with E-state index in [9.17, 15) is 18.0 Å². The molecule has 16 heavy (non-hydrogen) atoms. The zero-order valence-electron chi connectivity index (χ0n) is 8.77. The zero-order valence-corrected chi connectivity index (χ0v) is 8.77. The smallest absolute Gasteiger partial charge is 0.194 e. The number of carbonyl (C=O) groups is 1. The van der Waals surface area contributed by atoms with Crippen molar-refractivity contribution in [2.24, 2.45) is 5.92 Å². The summed E-state index contributed by atoms with van der Waals surface area (Å²) in [5.74, 6) is -4.41. The van der Waals surface area contributed by atoms with Crippen molar-refractivity contribution < 1.29 is 18.0 Å². The molecule has 0 saturated heterocycles. The van der Waals surface area contributed by atoms with Gasteiger partial charge in [-0.15, -0.1) is 0 Å². The molecule has 1 aromatic carbocycles. The maximum Gasteiger partial charge on any atom is 0.194 e. The van der Waals surface area contributed by atoms with Gasteiger partial charge in [0.05, 0.1) is 0 Å². The van der Waals surface area contributed by atoms with Crippen molar-refractivity contribution in [2.45, 2.75) is 25.7 Å². The van der Waals surface area contributed by atoms with Gasteiger partial charge in [-0.05, 0) is 24.0 Å². The van der Waals surface area contributed by atoms with Crippen LogP contribution in [0.4, 0.5) is 13.2 Å². The molecule has 0 heterocycles. The summed E-state index contributed by atoms with van der Waals surface area (Å²) in [5.41, 5.74) is 0.109. The lowest BCUT2D eigenvalue weighted by molar-refractivity contribution is -0.120. The summed E-state index contributed by atoms with van der Waals surface area (Å²) in [5, 5.41) is 0. The van der Waals surface area contributed by atoms with Gasteiger partial charge in [-0.1, -0.05) is 13.0 Å². The Bertz CT molecular complexity index is 442. The minimum Gasteiger partial charge on any atom is -0.299 e. The summed E-state index contributed by atoms with van der Waals surface area (Å²) in [6.45, 7) is 1.70. The van der Waals surface area contributed by atoms with Crippen LogP contribution in [-0.4, -0.2) is 5.78 Å². The lowest BCUT2D eigenvalue weighted by atomic mass is 9.89. The fourth-order valence-electron chi connectivity index (χ4n) is 2.25. The minimum absolute atomic E-state index is 0.0501. The molecule has 2 unspecified atom stereocenters. The molecule has 4 heteroatoms. The van der Waals surface area contributed by atoms with Gasteiger partial charge in [-0.25, -0.2) is 13.2 Å². The van der Waals surface area contributed by atoms with E-state index in [1.54, 1.807) is 6.92 Å². The second-order valence-corrected chi connectivity index (χ2v) is 4.16. The van der Waals surface area contributed by atoms with E-state index in [1.165, 1.54) is 6.07 Å². The van der Waals surface area contributed by atoms with Gasteiger partial charge in [0.1, 0.15) is 5.78 Å². The summed E-state index contributed by atoms with van der Waals surface area (Å²) >= 11 is 0. The molecule has 1 aromatic rings. The van der Waals surface area contributed by atoms with Gasteiger partial charge in [0.25, 0.3) is 0 Å². The molecule has 0 bridgehead atoms. The fraction of sp³-hybridized carbons (Fsp3) is 0.417. The lowest BCUT2D eigenvalue weighted by Crippen LogP contribution is -2.11. The summed E-state index contributed by atoms with van der Waals surface area (Å²) in [6.07, 6.45) is 0.881. The van der Waals surface area contributed by atoms with Crippen molar-refractivity contribution in [2.75, 3.05) is 0 Å². The van der Waals surface area contributed by atoms with Crippen molar-refractivity contribution in [3.8, 4) is 0 Å². The van der Waals surface area contributed by atoms with Gasteiger partial charge >= 0.3 is 0 Å². The molecule has 1 fully saturated rings. The van der Waals surface area contributed by atoms with Crippen LogP contribution in [0.2, 0.25) is 0 Å². The molecule has 0 aliphatic heterocycles. The third kappa shape index (κ3) is 1.62. The molecule has 0 spiro atoms. The maximum atomic E-state index is 13.5. The Labute approximate surface area is 91.3 Å². The van der Waals surface area contributed by atoms with Gasteiger partial charge in [0.15, 0.2) is 17.5 Å². The predicted molar refractivity (Wildman–Crippen MR) is 52.5 cm³/mol. The van der Waals surface area contributed by atoms with Crippen LogP contribution in [0.3, 0.4) is 0 Å². The molecule has 0 aromatic heterocycles. The van der Waals surface area contributed by atoms with Crippen LogP contribution < -0.4 is 0 Å². The Morgan fingerprint density at radius 2 is 1.88 bits per heavy atom. The van der Waals surface area contributed by atoms with Crippen LogP contribution in [0.25, 0.3) is 0 Å². The topological polar surface area (TPSA) is 17.1 Å². The summed E-state index contributed by atoms with van der Waals surface area (Å²) in [7, 11) is 0. The van der Waals surface area contributed by atoms with Crippen LogP contribution in [-0.2, 0) is 4.79 Å². The van der Waals surface area contributed by atoms with E-state index >= 15 is 0 Å². The van der Waals surface area contributed by atoms with E-state index in [0.29, 0.717) is 12.8 Å². The molecule has 1 saturated carbocycles. The second kappa shape index (κ2) is 3.92. The van der Waals surface area contributed by atoms with Gasteiger partial charge in [0, 0.05) is 12.3 Å². The first-order chi connectivity index (χ1) is 7.52. The Morgan fingerprint density at radius 3 is 2.44 bits per heavy atom. The Morgan fingerprint density at radius 1 is 1.19 bits per heavy atom. The van der Waals surface area contributed by atoms with Crippen LogP contribution >= 0.6 is 0 Å². The summed E-state index contributed by atoms with van der Waals surface area (Å²) in [6, 6.07) is 2.14. The molecule has 1 nitrogen and oxygen atoms in total. The summed E-state index contributed by atoms with van der Waals surface area (Å²) in [4.78, 5) is 11.3. The average molecular weight is 228 g/mol. The minimum atomic E-state index is -1.45. The molecule has 0 radical (unpaired) electrons. The van der Waals surface area contributed by atoms with Crippen molar-refractivity contribution in [1.82, 2.24) is 0 Å². The van der Waals surface area contributed by atoms with E-state index in [2.05, 4.69) is 0 Å². The molecule has 86 valence electrons. The van der Waals surface area contributed by atoms with Crippen LogP contribution in [0.5, 0.6) is 0 Å². The van der Waals surface area contributed by atoms with Crippen molar-refractivity contribution in [1.29, 1.82) is 0 Å². The van der Waals surface area contributed by atoms with Crippen molar-refractivity contribution in [3.63, 3.8) is 0 Å². The van der Waals surface area contributed by atoms with Crippen LogP contribution in [0, 0.1) is 23.4 Å². The molecule has 2 rings (SSSR count). The number of Topliss-reactive ketones (excluding diaryl/α,β-unsaturated/α-hetero) is 1. The highest BCUT2D eigenvalue weighted by atomic mass is 19.2. The lowest BCUT2D eigenvalue weighted by Gasteiger charge is -2.15. The number of ketones is 1. The first kappa shape index (κ1) is 11.2. The molecule has 0 amide bonds. The highest BCUT2D eigenvalue weighted by molar-refractivity contribution is 5.84. The van der Waals surface area contributed by atoms with E-state index in [1.807, 2.05) is 0 Å². The van der Waals surface area contributed by atoms with Gasteiger partial charge in [-0.3, -0.25) is 4.79 Å². The number of halogens is 3. The maximum absolute atomic E-state index is 13.5. The van der Waals surface area contributed by atoms with E-state index in [0.717, 1.165) is 6.07 Å². The highest BCUT2D eigenvalue weighted by Crippen LogP contribution is 2.38. The average Bonchev–Trinajstić information content (AvgIpc) is 2.58. The quantitative estimate of drug-likeness (QED) is 0.674. The molecular formula is C12H11F3O. The van der Waals surface area contributed by atoms with Crippen LogP contribution in [0.1, 0.15) is 31.2 Å². The largest absolute Gasteiger partial charge is 0.299 e. The molecule has 0 N–H and O–H groups in total. The van der Waals surface area contributed by atoms with Crippen LogP contribution in [0.15, 0.2) is 12.1 Å². The fourth-order valence-corrected chi connectivity index (χ4v) is 2.25. The first-order valence-electron chi connectivity index (χ1n) is 5.18. The Hall–Kier alpha value is -1.32. The van der Waals surface area contributed by atoms with E-state index in [4.69, 9.17) is 0 Å². The van der Waals surface area contributed by atoms with Gasteiger partial charge in [-0.2, -0.15) is 0 Å². The summed E-state index contributed by atoms with van der Waals surface area (Å²) < 4.78 is 39.3. The van der Waals surface area contributed by atoms with Crippen molar-refractivity contribution in [3.05, 3.63) is 35.1 Å². The van der Waals surface area contributed by atoms with E-state index in [-0.39, 0.29) is 23.2 Å². The number of hydrogen-bond acceptors (Lipinski definition) is 1. The van der Waals surface area contributed by atoms with Gasteiger partial charge in [0.2, 0.25) is 0 Å². The van der Waals surface area contributed by atoms with Crippen molar-refractivity contribution >= 4 is 5.78 Å². The van der Waals surface area contributed by atoms with Gasteiger partial charge < -0.3 is 0 Å². The Kier molecular flexibility index (Phi) is 2.74.